The summed E-state index contributed by atoms with van der Waals surface area (Å²) in [4.78, 5) is 16.2. The fraction of sp³-hybridized carbons (Fsp3) is 0. The van der Waals surface area contributed by atoms with Crippen LogP contribution in [0.2, 0.25) is 0 Å². The number of nitrogens with one attached hydrogen (secondary N) is 1. The zero-order valence-electron chi connectivity index (χ0n) is 4.16. The number of carbonyl (C=O) groups excluding carboxylic acids is 1. The quantitative estimate of drug-likeness (QED) is 0.550. The predicted octanol–water partition coefficient (Wildman–Crippen LogP) is 0.161. The fourth-order valence-electron chi connectivity index (χ4n) is 0.433. The number of nitrogens with zero attached hydrogens (tertiary/aromatic N) is 1. The highest BCUT2D eigenvalue weighted by Gasteiger charge is 1.88. The van der Waals surface area contributed by atoms with Gasteiger partial charge in [0.25, 0.3) is 0 Å². The van der Waals surface area contributed by atoms with Crippen molar-refractivity contribution in [3.05, 3.63) is 24.6 Å². The number of H-pyrrole nitrogens is 1. The summed E-state index contributed by atoms with van der Waals surface area (Å²) >= 11 is 0. The maximum absolute atomic E-state index is 9.76. The Morgan fingerprint density at radius 1 is 1.75 bits per heavy atom. The molecular weight excluding hydrogens is 104 g/mol. The number of aldehydes is 1. The minimum absolute atomic E-state index is 0.667. The molecule has 0 aromatic carbocycles. The topological polar surface area (TPSA) is 45.8 Å². The fourth-order valence-corrected chi connectivity index (χ4v) is 0.433. The number of hydrogen-bond donors (Lipinski definition) is 1. The minimum atomic E-state index is 0.667. The van der Waals surface area contributed by atoms with Gasteiger partial charge in [0.15, 0.2) is 0 Å². The second kappa shape index (κ2) is 2.26. The number of rotatable bonds is 2. The van der Waals surface area contributed by atoms with E-state index in [0.717, 1.165) is 0 Å². The van der Waals surface area contributed by atoms with Crippen LogP contribution in [-0.2, 0) is 4.79 Å². The SMILES string of the molecule is O=C[CH]c1c[nH]cn1. The van der Waals surface area contributed by atoms with Crippen LogP contribution in [0.1, 0.15) is 5.69 Å². The molecular formula is C5H5N2O. The van der Waals surface area contributed by atoms with E-state index in [-0.39, 0.29) is 0 Å². The molecule has 1 rings (SSSR count). The van der Waals surface area contributed by atoms with E-state index in [1.165, 1.54) is 12.7 Å². The molecule has 0 atom stereocenters. The maximum Gasteiger partial charge on any atom is 0.130 e. The van der Waals surface area contributed by atoms with Gasteiger partial charge in [-0.2, -0.15) is 0 Å². The van der Waals surface area contributed by atoms with Gasteiger partial charge in [0.05, 0.1) is 18.4 Å². The first-order chi connectivity index (χ1) is 3.93. The minimum Gasteiger partial charge on any atom is -0.351 e. The Morgan fingerprint density at radius 3 is 3.12 bits per heavy atom. The predicted molar refractivity (Wildman–Crippen MR) is 28.1 cm³/mol. The highest BCUT2D eigenvalue weighted by molar-refractivity contribution is 5.66. The molecule has 1 N–H and O–H groups in total. The number of aromatic nitrogens is 2. The van der Waals surface area contributed by atoms with E-state index >= 15 is 0 Å². The molecule has 0 amide bonds. The summed E-state index contributed by atoms with van der Waals surface area (Å²) < 4.78 is 0. The van der Waals surface area contributed by atoms with Gasteiger partial charge in [-0.3, -0.25) is 0 Å². The molecule has 1 aromatic rings. The number of hydrogen-bond acceptors (Lipinski definition) is 2. The van der Waals surface area contributed by atoms with Crippen molar-refractivity contribution in [2.45, 2.75) is 0 Å². The molecule has 3 heteroatoms. The Labute approximate surface area is 46.8 Å². The highest BCUT2D eigenvalue weighted by Crippen LogP contribution is 1.89. The molecule has 0 unspecified atom stereocenters. The number of carbonyl (C=O) groups is 1. The Bertz CT molecular complexity index is 157. The second-order valence-corrected chi connectivity index (χ2v) is 1.30. The first kappa shape index (κ1) is 5.03. The highest BCUT2D eigenvalue weighted by atomic mass is 16.1. The van der Waals surface area contributed by atoms with Crippen LogP contribution in [0.15, 0.2) is 12.5 Å². The molecule has 0 spiro atoms. The van der Waals surface area contributed by atoms with Gasteiger partial charge in [-0.15, -0.1) is 0 Å². The molecule has 3 nitrogen and oxygen atoms in total. The van der Waals surface area contributed by atoms with Gasteiger partial charge in [-0.25, -0.2) is 4.98 Å². The molecule has 1 aromatic heterocycles. The van der Waals surface area contributed by atoms with Crippen LogP contribution in [0.3, 0.4) is 0 Å². The lowest BCUT2D eigenvalue weighted by molar-refractivity contribution is -0.104. The monoisotopic (exact) mass is 109 g/mol. The third-order valence-electron chi connectivity index (χ3n) is 0.758. The van der Waals surface area contributed by atoms with Gasteiger partial charge in [0.1, 0.15) is 6.29 Å². The van der Waals surface area contributed by atoms with Crippen molar-refractivity contribution in [3.63, 3.8) is 0 Å². The van der Waals surface area contributed by atoms with Crippen LogP contribution in [0.5, 0.6) is 0 Å². The lowest BCUT2D eigenvalue weighted by Gasteiger charge is -1.75. The Balaban J connectivity index is 2.62. The molecule has 0 saturated carbocycles. The van der Waals surface area contributed by atoms with Crippen molar-refractivity contribution in [2.75, 3.05) is 0 Å². The molecule has 0 saturated heterocycles. The van der Waals surface area contributed by atoms with Crippen molar-refractivity contribution in [1.29, 1.82) is 0 Å². The largest absolute Gasteiger partial charge is 0.351 e. The van der Waals surface area contributed by atoms with E-state index in [4.69, 9.17) is 0 Å². The average Bonchev–Trinajstić information content (AvgIpc) is 2.19. The summed E-state index contributed by atoms with van der Waals surface area (Å²) in [5.74, 6) is 0. The molecule has 0 fully saturated rings. The molecule has 0 aliphatic heterocycles. The number of aromatic amines is 1. The smallest absolute Gasteiger partial charge is 0.130 e. The maximum atomic E-state index is 9.76. The lowest BCUT2D eigenvalue weighted by atomic mass is 10.4. The lowest BCUT2D eigenvalue weighted by Crippen LogP contribution is -1.78. The van der Waals surface area contributed by atoms with E-state index in [1.54, 1.807) is 6.20 Å². The third-order valence-corrected chi connectivity index (χ3v) is 0.758. The normalized spacial score (nSPS) is 9.00. The number of imidazole rings is 1. The van der Waals surface area contributed by atoms with E-state index in [2.05, 4.69) is 9.97 Å². The summed E-state index contributed by atoms with van der Waals surface area (Å²) in [7, 11) is 0. The van der Waals surface area contributed by atoms with Crippen LogP contribution in [0, 0.1) is 6.42 Å². The summed E-state index contributed by atoms with van der Waals surface area (Å²) in [6.07, 6.45) is 5.26. The third kappa shape index (κ3) is 0.932. The zero-order valence-corrected chi connectivity index (χ0v) is 4.16. The Hall–Kier alpha value is -1.12. The van der Waals surface area contributed by atoms with Gasteiger partial charge < -0.3 is 9.78 Å². The molecule has 8 heavy (non-hydrogen) atoms. The van der Waals surface area contributed by atoms with Gasteiger partial charge in [-0.05, 0) is 0 Å². The summed E-state index contributed by atoms with van der Waals surface area (Å²) in [6.45, 7) is 0. The summed E-state index contributed by atoms with van der Waals surface area (Å²) in [5, 5.41) is 0. The van der Waals surface area contributed by atoms with Crippen molar-refractivity contribution < 1.29 is 4.79 Å². The summed E-state index contributed by atoms with van der Waals surface area (Å²) in [5.41, 5.74) is 0.667. The Morgan fingerprint density at radius 2 is 2.62 bits per heavy atom. The zero-order chi connectivity index (χ0) is 5.82. The van der Waals surface area contributed by atoms with Crippen molar-refractivity contribution in [3.8, 4) is 0 Å². The van der Waals surface area contributed by atoms with Gasteiger partial charge >= 0.3 is 0 Å². The van der Waals surface area contributed by atoms with E-state index in [1.807, 2.05) is 0 Å². The van der Waals surface area contributed by atoms with E-state index < -0.39 is 0 Å². The second-order valence-electron chi connectivity index (χ2n) is 1.30. The van der Waals surface area contributed by atoms with Crippen LogP contribution >= 0.6 is 0 Å². The van der Waals surface area contributed by atoms with Crippen LogP contribution in [0.4, 0.5) is 0 Å². The van der Waals surface area contributed by atoms with Crippen molar-refractivity contribution >= 4 is 6.29 Å². The summed E-state index contributed by atoms with van der Waals surface area (Å²) in [6, 6.07) is 0. The van der Waals surface area contributed by atoms with Crippen LogP contribution in [-0.4, -0.2) is 16.3 Å². The van der Waals surface area contributed by atoms with E-state index in [0.29, 0.717) is 12.0 Å². The van der Waals surface area contributed by atoms with Crippen molar-refractivity contribution in [2.24, 2.45) is 0 Å². The van der Waals surface area contributed by atoms with Gasteiger partial charge in [0, 0.05) is 6.20 Å². The molecule has 0 bridgehead atoms. The van der Waals surface area contributed by atoms with Crippen LogP contribution < -0.4 is 0 Å². The average molecular weight is 109 g/mol. The Kier molecular flexibility index (Phi) is 1.42. The first-order valence-corrected chi connectivity index (χ1v) is 2.21. The molecule has 0 aliphatic rings. The van der Waals surface area contributed by atoms with Gasteiger partial charge in [-0.1, -0.05) is 0 Å². The molecule has 0 aliphatic carbocycles. The molecule has 1 radical (unpaired) electrons. The first-order valence-electron chi connectivity index (χ1n) is 2.21. The van der Waals surface area contributed by atoms with E-state index in [9.17, 15) is 4.79 Å². The molecule has 1 heterocycles. The standard InChI is InChI=1S/C5H5N2O/c8-2-1-5-3-6-4-7-5/h1-4H,(H,6,7). The van der Waals surface area contributed by atoms with Gasteiger partial charge in [0.2, 0.25) is 0 Å². The van der Waals surface area contributed by atoms with Crippen molar-refractivity contribution in [1.82, 2.24) is 9.97 Å². The van der Waals surface area contributed by atoms with Crippen LogP contribution in [0.25, 0.3) is 0 Å². The molecule has 41 valence electrons.